The number of rotatable bonds is 7. The van der Waals surface area contributed by atoms with Crippen molar-refractivity contribution in [2.45, 2.75) is 31.5 Å². The lowest BCUT2D eigenvalue weighted by molar-refractivity contribution is -0.137. The Kier molecular flexibility index (Phi) is 6.38. The Hall–Kier alpha value is -2.83. The number of hydrogen-bond acceptors (Lipinski definition) is 2. The first-order chi connectivity index (χ1) is 12.3. The summed E-state index contributed by atoms with van der Waals surface area (Å²) in [7, 11) is 0. The number of hydrogen-bond donors (Lipinski definition) is 2. The third kappa shape index (κ3) is 5.61. The molecule has 2 aromatic rings. The van der Waals surface area contributed by atoms with Gasteiger partial charge in [0.25, 0.3) is 5.91 Å². The van der Waals surface area contributed by atoms with Gasteiger partial charge in [-0.3, -0.25) is 9.59 Å². The summed E-state index contributed by atoms with van der Waals surface area (Å²) in [5.41, 5.74) is 5.61. The quantitative estimate of drug-likeness (QED) is 0.791. The summed E-state index contributed by atoms with van der Waals surface area (Å²) in [6.45, 7) is 0. The van der Waals surface area contributed by atoms with Crippen molar-refractivity contribution >= 4 is 11.8 Å². The second kappa shape index (κ2) is 8.51. The highest BCUT2D eigenvalue weighted by Crippen LogP contribution is 2.29. The predicted octanol–water partition coefficient (Wildman–Crippen LogP) is 3.31. The first-order valence-electron chi connectivity index (χ1n) is 8.09. The molecule has 26 heavy (non-hydrogen) atoms. The first kappa shape index (κ1) is 19.5. The Bertz CT molecular complexity index is 744. The number of benzene rings is 2. The van der Waals surface area contributed by atoms with Crippen molar-refractivity contribution in [3.63, 3.8) is 0 Å². The average Bonchev–Trinajstić information content (AvgIpc) is 2.61. The Labute approximate surface area is 149 Å². The lowest BCUT2D eigenvalue weighted by Crippen LogP contribution is -2.44. The molecule has 138 valence electrons. The topological polar surface area (TPSA) is 72.2 Å². The van der Waals surface area contributed by atoms with Crippen molar-refractivity contribution in [3.05, 3.63) is 71.3 Å². The summed E-state index contributed by atoms with van der Waals surface area (Å²) in [6, 6.07) is 12.5. The summed E-state index contributed by atoms with van der Waals surface area (Å²) in [5, 5.41) is 2.48. The van der Waals surface area contributed by atoms with Gasteiger partial charge in [-0.2, -0.15) is 13.2 Å². The van der Waals surface area contributed by atoms with Gasteiger partial charge in [-0.25, -0.2) is 0 Å². The molecule has 0 unspecified atom stereocenters. The monoisotopic (exact) mass is 364 g/mol. The Morgan fingerprint density at radius 2 is 1.62 bits per heavy atom. The third-order valence-electron chi connectivity index (χ3n) is 3.92. The molecule has 1 atom stereocenters. The van der Waals surface area contributed by atoms with Gasteiger partial charge in [-0.15, -0.1) is 0 Å². The van der Waals surface area contributed by atoms with Gasteiger partial charge in [0.15, 0.2) is 0 Å². The number of carbonyl (C=O) groups excluding carboxylic acids is 2. The predicted molar refractivity (Wildman–Crippen MR) is 91.3 cm³/mol. The fraction of sp³-hybridized carbons (Fsp3) is 0.263. The molecule has 0 aliphatic heterocycles. The van der Waals surface area contributed by atoms with Crippen LogP contribution in [0.1, 0.15) is 34.3 Å². The highest BCUT2D eigenvalue weighted by atomic mass is 19.4. The maximum absolute atomic E-state index is 12.6. The third-order valence-corrected chi connectivity index (χ3v) is 3.92. The van der Waals surface area contributed by atoms with Crippen molar-refractivity contribution in [2.24, 2.45) is 5.73 Å². The van der Waals surface area contributed by atoms with E-state index in [1.54, 1.807) is 0 Å². The molecule has 0 saturated heterocycles. The molecule has 0 spiro atoms. The molecule has 0 radical (unpaired) electrons. The van der Waals surface area contributed by atoms with Crippen LogP contribution in [0.4, 0.5) is 13.2 Å². The molecule has 2 aromatic carbocycles. The molecule has 4 nitrogen and oxygen atoms in total. The number of primary amides is 1. The molecular formula is C19H19F3N2O2. The second-order valence-corrected chi connectivity index (χ2v) is 5.88. The van der Waals surface area contributed by atoms with E-state index in [2.05, 4.69) is 5.32 Å². The van der Waals surface area contributed by atoms with Gasteiger partial charge < -0.3 is 11.1 Å². The van der Waals surface area contributed by atoms with Crippen molar-refractivity contribution in [1.29, 1.82) is 0 Å². The molecule has 7 heteroatoms. The summed E-state index contributed by atoms with van der Waals surface area (Å²) in [6.07, 6.45) is -2.77. The van der Waals surface area contributed by atoms with Gasteiger partial charge >= 0.3 is 6.18 Å². The van der Waals surface area contributed by atoms with E-state index in [4.69, 9.17) is 5.73 Å². The van der Waals surface area contributed by atoms with E-state index < -0.39 is 29.6 Å². The van der Waals surface area contributed by atoms with Crippen LogP contribution in [0, 0.1) is 0 Å². The maximum atomic E-state index is 12.6. The molecule has 0 saturated carbocycles. The number of carbonyl (C=O) groups is 2. The number of alkyl halides is 3. The van der Waals surface area contributed by atoms with E-state index in [9.17, 15) is 22.8 Å². The van der Waals surface area contributed by atoms with Gasteiger partial charge in [-0.1, -0.05) is 30.3 Å². The van der Waals surface area contributed by atoms with Gasteiger partial charge in [0.1, 0.15) is 6.04 Å². The number of nitrogens with two attached hydrogens (primary N) is 1. The van der Waals surface area contributed by atoms with Crippen LogP contribution in [0.15, 0.2) is 54.6 Å². The fourth-order valence-corrected chi connectivity index (χ4v) is 2.49. The fourth-order valence-electron chi connectivity index (χ4n) is 2.49. The number of nitrogens with one attached hydrogen (secondary N) is 1. The van der Waals surface area contributed by atoms with Crippen LogP contribution in [0.25, 0.3) is 0 Å². The van der Waals surface area contributed by atoms with E-state index in [1.807, 2.05) is 30.3 Å². The van der Waals surface area contributed by atoms with Crippen molar-refractivity contribution in [3.8, 4) is 0 Å². The molecule has 0 aliphatic carbocycles. The molecule has 2 amide bonds. The number of halogens is 3. The Morgan fingerprint density at radius 3 is 2.15 bits per heavy atom. The molecule has 0 bridgehead atoms. The molecular weight excluding hydrogens is 345 g/mol. The van der Waals surface area contributed by atoms with Gasteiger partial charge in [0.05, 0.1) is 5.56 Å². The van der Waals surface area contributed by atoms with Gasteiger partial charge in [0.2, 0.25) is 5.91 Å². The largest absolute Gasteiger partial charge is 0.416 e. The van der Waals surface area contributed by atoms with E-state index >= 15 is 0 Å². The highest BCUT2D eigenvalue weighted by molar-refractivity contribution is 5.97. The maximum Gasteiger partial charge on any atom is 0.416 e. The number of aryl methyl sites for hydroxylation is 1. The average molecular weight is 364 g/mol. The van der Waals surface area contributed by atoms with Crippen LogP contribution in [-0.4, -0.2) is 17.9 Å². The molecule has 0 fully saturated rings. The summed E-state index contributed by atoms with van der Waals surface area (Å²) in [5.74, 6) is -1.32. The zero-order valence-electron chi connectivity index (χ0n) is 13.9. The standard InChI is InChI=1S/C19H19F3N2O2/c20-19(21,22)15-11-9-14(10-12-15)18(26)24-16(17(23)25)8-4-7-13-5-2-1-3-6-13/h1-3,5-6,9-12,16H,4,7-8H2,(H2,23,25)(H,24,26)/t16-/m1/s1. The van der Waals surface area contributed by atoms with E-state index in [0.717, 1.165) is 36.2 Å². The minimum Gasteiger partial charge on any atom is -0.368 e. The summed E-state index contributed by atoms with van der Waals surface area (Å²) < 4.78 is 37.7. The molecule has 0 aliphatic rings. The highest BCUT2D eigenvalue weighted by Gasteiger charge is 2.30. The van der Waals surface area contributed by atoms with E-state index in [0.29, 0.717) is 12.8 Å². The van der Waals surface area contributed by atoms with Crippen LogP contribution in [0.3, 0.4) is 0 Å². The smallest absolute Gasteiger partial charge is 0.368 e. The van der Waals surface area contributed by atoms with Crippen molar-refractivity contribution in [1.82, 2.24) is 5.32 Å². The SMILES string of the molecule is NC(=O)[C@@H](CCCc1ccccc1)NC(=O)c1ccc(C(F)(F)F)cc1. The summed E-state index contributed by atoms with van der Waals surface area (Å²) in [4.78, 5) is 23.7. The normalized spacial score (nSPS) is 12.4. The number of amides is 2. The molecule has 0 aromatic heterocycles. The lowest BCUT2D eigenvalue weighted by Gasteiger charge is -2.16. The van der Waals surface area contributed by atoms with Crippen LogP contribution < -0.4 is 11.1 Å². The molecule has 2 rings (SSSR count). The van der Waals surface area contributed by atoms with Gasteiger partial charge in [-0.05, 0) is 49.1 Å². The van der Waals surface area contributed by atoms with Gasteiger partial charge in [0, 0.05) is 5.56 Å². The second-order valence-electron chi connectivity index (χ2n) is 5.88. The molecule has 0 heterocycles. The van der Waals surface area contributed by atoms with E-state index in [1.165, 1.54) is 0 Å². The zero-order chi connectivity index (χ0) is 19.2. The minimum atomic E-state index is -4.47. The van der Waals surface area contributed by atoms with Crippen LogP contribution in [0.5, 0.6) is 0 Å². The Morgan fingerprint density at radius 1 is 1.00 bits per heavy atom. The van der Waals surface area contributed by atoms with Crippen LogP contribution >= 0.6 is 0 Å². The van der Waals surface area contributed by atoms with Crippen molar-refractivity contribution in [2.75, 3.05) is 0 Å². The first-order valence-corrected chi connectivity index (χ1v) is 8.09. The zero-order valence-corrected chi connectivity index (χ0v) is 13.9. The van der Waals surface area contributed by atoms with Crippen LogP contribution in [0.2, 0.25) is 0 Å². The Balaban J connectivity index is 1.94. The summed E-state index contributed by atoms with van der Waals surface area (Å²) >= 11 is 0. The van der Waals surface area contributed by atoms with E-state index in [-0.39, 0.29) is 5.56 Å². The van der Waals surface area contributed by atoms with Crippen molar-refractivity contribution < 1.29 is 22.8 Å². The molecule has 3 N–H and O–H groups in total. The van der Waals surface area contributed by atoms with Crippen LogP contribution in [-0.2, 0) is 17.4 Å². The minimum absolute atomic E-state index is 0.0345. The lowest BCUT2D eigenvalue weighted by atomic mass is 10.0.